The zero-order valence-corrected chi connectivity index (χ0v) is 21.4. The van der Waals surface area contributed by atoms with Crippen LogP contribution >= 0.6 is 0 Å². The summed E-state index contributed by atoms with van der Waals surface area (Å²) < 4.78 is 17.5. The van der Waals surface area contributed by atoms with Crippen LogP contribution in [0.4, 0.5) is 10.6 Å². The van der Waals surface area contributed by atoms with Crippen LogP contribution in [0.5, 0.6) is 5.75 Å². The topological polar surface area (TPSA) is 121 Å². The first-order valence-electron chi connectivity index (χ1n) is 12.1. The molecule has 0 unspecified atom stereocenters. The molecule has 0 fully saturated rings. The average molecular weight is 507 g/mol. The lowest BCUT2D eigenvalue weighted by atomic mass is 9.96. The third-order valence-corrected chi connectivity index (χ3v) is 6.85. The summed E-state index contributed by atoms with van der Waals surface area (Å²) in [5.74, 6) is 2.10. The summed E-state index contributed by atoms with van der Waals surface area (Å²) in [7, 11) is 2.99. The van der Waals surface area contributed by atoms with Crippen molar-refractivity contribution < 1.29 is 23.8 Å². The molecule has 1 N–H and O–H groups in total. The zero-order chi connectivity index (χ0) is 26.2. The lowest BCUT2D eigenvalue weighted by molar-refractivity contribution is -0.00604. The van der Waals surface area contributed by atoms with Crippen molar-refractivity contribution in [3.05, 3.63) is 52.8 Å². The van der Waals surface area contributed by atoms with E-state index < -0.39 is 6.09 Å². The second kappa shape index (κ2) is 9.81. The summed E-state index contributed by atoms with van der Waals surface area (Å²) in [6, 6.07) is 9.03. The Labute approximate surface area is 214 Å². The molecule has 2 aliphatic rings. The molecule has 5 rings (SSSR count). The molecule has 0 spiro atoms. The molecular weight excluding hydrogens is 476 g/mol. The van der Waals surface area contributed by atoms with Gasteiger partial charge in [-0.2, -0.15) is 0 Å². The highest BCUT2D eigenvalue weighted by Gasteiger charge is 2.34. The van der Waals surface area contributed by atoms with Gasteiger partial charge in [0.25, 0.3) is 5.91 Å². The predicted molar refractivity (Wildman–Crippen MR) is 134 cm³/mol. The van der Waals surface area contributed by atoms with Gasteiger partial charge in [-0.3, -0.25) is 4.79 Å². The van der Waals surface area contributed by atoms with Gasteiger partial charge in [0.05, 0.1) is 12.7 Å². The molecule has 37 heavy (non-hydrogen) atoms. The summed E-state index contributed by atoms with van der Waals surface area (Å²) >= 11 is 0. The first-order chi connectivity index (χ1) is 17.8. The van der Waals surface area contributed by atoms with Crippen LogP contribution < -0.4 is 10.1 Å². The van der Waals surface area contributed by atoms with Crippen LogP contribution in [-0.2, 0) is 34.4 Å². The molecule has 0 aliphatic carbocycles. The molecule has 0 atom stereocenters. The quantitative estimate of drug-likeness (QED) is 0.505. The molecule has 2 aromatic heterocycles. The average Bonchev–Trinajstić information content (AvgIpc) is 3.47. The molecule has 2 aliphatic heterocycles. The highest BCUT2D eigenvalue weighted by molar-refractivity contribution is 6.06. The number of fused-ring (bicyclic) bond motifs is 2. The first-order valence-corrected chi connectivity index (χ1v) is 12.1. The zero-order valence-electron chi connectivity index (χ0n) is 21.4. The molecule has 0 bridgehead atoms. The Hall–Kier alpha value is -3.99. The third-order valence-electron chi connectivity index (χ3n) is 6.85. The van der Waals surface area contributed by atoms with Crippen molar-refractivity contribution in [2.45, 2.75) is 45.2 Å². The van der Waals surface area contributed by atoms with E-state index in [1.165, 1.54) is 14.2 Å². The minimum atomic E-state index is -0.460. The third kappa shape index (κ3) is 4.74. The molecule has 1 aromatic carbocycles. The highest BCUT2D eigenvalue weighted by Crippen LogP contribution is 2.35. The van der Waals surface area contributed by atoms with Crippen LogP contribution in [0.2, 0.25) is 0 Å². The fourth-order valence-corrected chi connectivity index (χ4v) is 4.91. The van der Waals surface area contributed by atoms with E-state index >= 15 is 0 Å². The Morgan fingerprint density at radius 3 is 2.73 bits per heavy atom. The Morgan fingerprint density at radius 2 is 1.95 bits per heavy atom. The second-order valence-corrected chi connectivity index (χ2v) is 9.76. The highest BCUT2D eigenvalue weighted by atomic mass is 16.7. The van der Waals surface area contributed by atoms with Gasteiger partial charge in [0.15, 0.2) is 12.6 Å². The van der Waals surface area contributed by atoms with Crippen molar-refractivity contribution in [2.24, 2.45) is 0 Å². The number of hydrogen-bond acceptors (Lipinski definition) is 8. The number of aromatic nitrogens is 4. The van der Waals surface area contributed by atoms with Crippen molar-refractivity contribution in [1.82, 2.24) is 24.6 Å². The van der Waals surface area contributed by atoms with Gasteiger partial charge in [-0.25, -0.2) is 9.78 Å². The summed E-state index contributed by atoms with van der Waals surface area (Å²) in [6.07, 6.45) is 2.02. The predicted octanol–water partition coefficient (Wildman–Crippen LogP) is 3.38. The number of carbonyl (C=O) groups excluding carboxylic acids is 2. The van der Waals surface area contributed by atoms with E-state index in [1.807, 2.05) is 18.2 Å². The van der Waals surface area contributed by atoms with E-state index in [2.05, 4.69) is 38.9 Å². The van der Waals surface area contributed by atoms with E-state index in [0.29, 0.717) is 48.2 Å². The minimum Gasteiger partial charge on any atom is -0.496 e. The Morgan fingerprint density at radius 1 is 1.11 bits per heavy atom. The van der Waals surface area contributed by atoms with Crippen molar-refractivity contribution in [3.8, 4) is 17.3 Å². The Bertz CT molecular complexity index is 1350. The van der Waals surface area contributed by atoms with E-state index in [0.717, 1.165) is 29.8 Å². The van der Waals surface area contributed by atoms with Crippen LogP contribution in [0, 0.1) is 0 Å². The van der Waals surface area contributed by atoms with Gasteiger partial charge in [-0.1, -0.05) is 6.07 Å². The van der Waals surface area contributed by atoms with E-state index in [-0.39, 0.29) is 18.2 Å². The molecule has 0 radical (unpaired) electrons. The lowest BCUT2D eigenvalue weighted by Gasteiger charge is -2.28. The maximum Gasteiger partial charge on any atom is 0.412 e. The van der Waals surface area contributed by atoms with Crippen LogP contribution in [-0.4, -0.2) is 64.2 Å². The second-order valence-electron chi connectivity index (χ2n) is 9.76. The molecule has 0 saturated heterocycles. The van der Waals surface area contributed by atoms with E-state index in [1.54, 1.807) is 17.0 Å². The number of aryl methyl sites for hydroxylation is 1. The Kier molecular flexibility index (Phi) is 6.55. The van der Waals surface area contributed by atoms with Crippen molar-refractivity contribution >= 4 is 17.8 Å². The van der Waals surface area contributed by atoms with Crippen LogP contribution in [0.25, 0.3) is 11.5 Å². The van der Waals surface area contributed by atoms with Gasteiger partial charge < -0.3 is 29.0 Å². The van der Waals surface area contributed by atoms with Gasteiger partial charge in [0.2, 0.25) is 0 Å². The van der Waals surface area contributed by atoms with Crippen LogP contribution in [0.1, 0.15) is 47.6 Å². The number of carbonyl (C=O) groups is 2. The fourth-order valence-electron chi connectivity index (χ4n) is 4.91. The number of nitrogens with zero attached hydrogens (tertiary/aromatic N) is 5. The number of pyridine rings is 1. The smallest absolute Gasteiger partial charge is 0.412 e. The lowest BCUT2D eigenvalue weighted by Crippen LogP contribution is -2.36. The number of ether oxygens (including phenoxy) is 3. The molecule has 0 saturated carbocycles. The van der Waals surface area contributed by atoms with E-state index in [9.17, 15) is 9.59 Å². The largest absolute Gasteiger partial charge is 0.496 e. The standard InChI is InChI=1S/C26H30N6O5/c1-26(2)10-8-22-29-30-23(32(22)26)19-6-5-7-21(27-19)28-24(33)18-12-17-14-31(25(34)37-15-35-3)11-9-16(17)13-20(18)36-4/h5-7,12-13H,8-11,14-15H2,1-4H3,(H,27,28,33). The molecule has 3 aromatic rings. The minimum absolute atomic E-state index is 0.102. The van der Waals surface area contributed by atoms with Crippen LogP contribution in [0.15, 0.2) is 30.3 Å². The number of anilines is 1. The maximum absolute atomic E-state index is 13.3. The fraction of sp³-hybridized carbons (Fsp3) is 0.423. The van der Waals surface area contributed by atoms with E-state index in [4.69, 9.17) is 14.2 Å². The Balaban J connectivity index is 1.38. The van der Waals surface area contributed by atoms with Crippen molar-refractivity contribution in [2.75, 3.05) is 32.9 Å². The van der Waals surface area contributed by atoms with Gasteiger partial charge in [0.1, 0.15) is 23.1 Å². The number of amides is 2. The molecule has 194 valence electrons. The number of hydrogen-bond donors (Lipinski definition) is 1. The van der Waals surface area contributed by atoms with Gasteiger partial charge in [-0.15, -0.1) is 10.2 Å². The number of benzene rings is 1. The molecular formula is C26H30N6O5. The maximum atomic E-state index is 13.3. The van der Waals surface area contributed by atoms with Gasteiger partial charge >= 0.3 is 6.09 Å². The molecule has 11 heteroatoms. The SMILES string of the molecule is COCOC(=O)N1CCc2cc(OC)c(C(=O)Nc3cccc(-c4nnc5n4C(C)(C)CC5)n3)cc2C1. The number of rotatable bonds is 6. The number of nitrogens with one attached hydrogen (secondary N) is 1. The van der Waals surface area contributed by atoms with Gasteiger partial charge in [-0.05, 0) is 62.1 Å². The summed E-state index contributed by atoms with van der Waals surface area (Å²) in [4.78, 5) is 31.9. The molecule has 2 amide bonds. The van der Waals surface area contributed by atoms with Crippen molar-refractivity contribution in [3.63, 3.8) is 0 Å². The van der Waals surface area contributed by atoms with Crippen LogP contribution in [0.3, 0.4) is 0 Å². The summed E-state index contributed by atoms with van der Waals surface area (Å²) in [5.41, 5.74) is 2.76. The molecule has 4 heterocycles. The molecule has 11 nitrogen and oxygen atoms in total. The first kappa shape index (κ1) is 24.7. The summed E-state index contributed by atoms with van der Waals surface area (Å²) in [5, 5.41) is 11.6. The number of methoxy groups -OCH3 is 2. The van der Waals surface area contributed by atoms with Gasteiger partial charge in [0, 0.05) is 32.2 Å². The normalized spacial score (nSPS) is 15.6. The monoisotopic (exact) mass is 506 g/mol. The summed E-state index contributed by atoms with van der Waals surface area (Å²) in [6.45, 7) is 5.03. The van der Waals surface area contributed by atoms with Crippen molar-refractivity contribution in [1.29, 1.82) is 0 Å².